The van der Waals surface area contributed by atoms with Crippen LogP contribution in [0.5, 0.6) is 5.75 Å². The van der Waals surface area contributed by atoms with E-state index in [0.717, 1.165) is 33.2 Å². The van der Waals surface area contributed by atoms with E-state index in [1.54, 1.807) is 21.9 Å². The molecule has 0 aromatic heterocycles. The van der Waals surface area contributed by atoms with Crippen LogP contribution in [0, 0.1) is 6.92 Å². The van der Waals surface area contributed by atoms with Gasteiger partial charge in [0, 0.05) is 54.9 Å². The fourth-order valence-corrected chi connectivity index (χ4v) is 6.46. The molecule has 10 nitrogen and oxygen atoms in total. The number of hydrogen-bond donors (Lipinski definition) is 4. The summed E-state index contributed by atoms with van der Waals surface area (Å²) in [5.41, 5.74) is 10.4. The normalized spacial score (nSPS) is 15.8. The van der Waals surface area contributed by atoms with Crippen molar-refractivity contribution >= 4 is 65.8 Å². The second-order valence-corrected chi connectivity index (χ2v) is 11.2. The van der Waals surface area contributed by atoms with Gasteiger partial charge < -0.3 is 35.2 Å². The number of carbonyl (C=O) groups is 3. The summed E-state index contributed by atoms with van der Waals surface area (Å²) in [6.45, 7) is 2.66. The van der Waals surface area contributed by atoms with Crippen molar-refractivity contribution in [2.75, 3.05) is 40.6 Å². The molecule has 0 radical (unpaired) electrons. The van der Waals surface area contributed by atoms with E-state index in [1.165, 1.54) is 0 Å². The zero-order valence-corrected chi connectivity index (χ0v) is 24.3. The maximum Gasteiger partial charge on any atom is 0.391 e. The first-order valence-corrected chi connectivity index (χ1v) is 15.1. The standard InChI is InChI=1S/C29H32ClN4O6P/c1-17-11-19(40-41(38)39)12-25-29(17)18(14-30)16-34(25)28(37)8-4-7-27(36)33-10-9-22-20-5-2-3-6-21(20)23(13-24(22)33)32-26(35)15-31/h2-3,5-6,11-13,18,38-39H,4,7-10,14-16,31H2,1H3,(H,32,35). The maximum atomic E-state index is 13.3. The fraction of sp³-hybridized carbons (Fsp3) is 0.345. The number of carbonyl (C=O) groups excluding carboxylic acids is 3. The summed E-state index contributed by atoms with van der Waals surface area (Å²) >= 11 is 6.22. The highest BCUT2D eigenvalue weighted by Crippen LogP contribution is 2.44. The minimum absolute atomic E-state index is 0.0547. The number of nitrogens with one attached hydrogen (secondary N) is 1. The quantitative estimate of drug-likeness (QED) is 0.215. The highest BCUT2D eigenvalue weighted by molar-refractivity contribution is 7.39. The van der Waals surface area contributed by atoms with E-state index >= 15 is 0 Å². The Kier molecular flexibility index (Phi) is 8.77. The van der Waals surface area contributed by atoms with Gasteiger partial charge in [0.15, 0.2) is 0 Å². The van der Waals surface area contributed by atoms with Gasteiger partial charge in [-0.3, -0.25) is 14.4 Å². The van der Waals surface area contributed by atoms with E-state index in [2.05, 4.69) is 5.32 Å². The number of halogens is 1. The van der Waals surface area contributed by atoms with Crippen LogP contribution in [0.1, 0.15) is 41.9 Å². The summed E-state index contributed by atoms with van der Waals surface area (Å²) in [5.74, 6) is 0.00235. The summed E-state index contributed by atoms with van der Waals surface area (Å²) in [5, 5.41) is 4.73. The number of hydrogen-bond acceptors (Lipinski definition) is 7. The van der Waals surface area contributed by atoms with Crippen LogP contribution < -0.4 is 25.4 Å². The van der Waals surface area contributed by atoms with Crippen LogP contribution in [0.2, 0.25) is 0 Å². The molecule has 1 unspecified atom stereocenters. The van der Waals surface area contributed by atoms with Gasteiger partial charge in [0.2, 0.25) is 17.7 Å². The zero-order chi connectivity index (χ0) is 29.3. The van der Waals surface area contributed by atoms with Crippen LogP contribution >= 0.6 is 20.2 Å². The highest BCUT2D eigenvalue weighted by atomic mass is 35.5. The van der Waals surface area contributed by atoms with Gasteiger partial charge in [-0.05, 0) is 54.0 Å². The first-order chi connectivity index (χ1) is 19.7. The lowest BCUT2D eigenvalue weighted by atomic mass is 9.98. The minimum atomic E-state index is -2.60. The van der Waals surface area contributed by atoms with Gasteiger partial charge in [-0.1, -0.05) is 24.3 Å². The molecule has 0 spiro atoms. The molecule has 0 aliphatic carbocycles. The molecule has 2 aliphatic rings. The van der Waals surface area contributed by atoms with Crippen molar-refractivity contribution in [1.29, 1.82) is 0 Å². The lowest BCUT2D eigenvalue weighted by Crippen LogP contribution is -2.31. The van der Waals surface area contributed by atoms with E-state index in [4.69, 9.17) is 21.9 Å². The van der Waals surface area contributed by atoms with Gasteiger partial charge >= 0.3 is 8.60 Å². The smallest absolute Gasteiger partial charge is 0.391 e. The molecule has 0 saturated heterocycles. The zero-order valence-electron chi connectivity index (χ0n) is 22.6. The third-order valence-electron chi connectivity index (χ3n) is 7.67. The second-order valence-electron chi connectivity index (χ2n) is 10.2. The molecule has 0 bridgehead atoms. The molecular weight excluding hydrogens is 567 g/mol. The lowest BCUT2D eigenvalue weighted by molar-refractivity contribution is -0.120. The van der Waals surface area contributed by atoms with Gasteiger partial charge in [-0.15, -0.1) is 11.6 Å². The Morgan fingerprint density at radius 3 is 2.46 bits per heavy atom. The minimum Gasteiger partial charge on any atom is -0.427 e. The van der Waals surface area contributed by atoms with Crippen molar-refractivity contribution in [1.82, 2.24) is 0 Å². The number of alkyl halides is 1. The number of nitrogens with zero attached hydrogens (tertiary/aromatic N) is 2. The fourth-order valence-electron chi connectivity index (χ4n) is 5.91. The van der Waals surface area contributed by atoms with E-state index in [-0.39, 0.29) is 48.8 Å². The Labute approximate surface area is 244 Å². The number of aryl methyl sites for hydroxylation is 1. The van der Waals surface area contributed by atoms with Crippen molar-refractivity contribution in [2.24, 2.45) is 5.73 Å². The molecule has 2 heterocycles. The van der Waals surface area contributed by atoms with Crippen LogP contribution in [0.15, 0.2) is 42.5 Å². The molecule has 5 N–H and O–H groups in total. The van der Waals surface area contributed by atoms with Crippen LogP contribution in [-0.2, 0) is 20.8 Å². The van der Waals surface area contributed by atoms with E-state index < -0.39 is 8.60 Å². The molecule has 0 fully saturated rings. The lowest BCUT2D eigenvalue weighted by Gasteiger charge is -2.21. The molecule has 0 saturated carbocycles. The van der Waals surface area contributed by atoms with E-state index in [1.807, 2.05) is 37.3 Å². The molecule has 3 aromatic rings. The highest BCUT2D eigenvalue weighted by Gasteiger charge is 2.34. The Balaban J connectivity index is 1.29. The van der Waals surface area contributed by atoms with Gasteiger partial charge in [0.05, 0.1) is 17.9 Å². The number of amides is 3. The van der Waals surface area contributed by atoms with Crippen molar-refractivity contribution < 1.29 is 28.7 Å². The summed E-state index contributed by atoms with van der Waals surface area (Å²) in [4.78, 5) is 60.7. The second kappa shape index (κ2) is 12.3. The van der Waals surface area contributed by atoms with Crippen LogP contribution in [0.3, 0.4) is 0 Å². The van der Waals surface area contributed by atoms with Crippen LogP contribution in [0.25, 0.3) is 10.8 Å². The summed E-state index contributed by atoms with van der Waals surface area (Å²) in [6.07, 6.45) is 1.40. The summed E-state index contributed by atoms with van der Waals surface area (Å²) in [6, 6.07) is 12.9. The molecule has 3 aromatic carbocycles. The van der Waals surface area contributed by atoms with Gasteiger partial charge in [-0.25, -0.2) is 0 Å². The van der Waals surface area contributed by atoms with Crippen LogP contribution in [-0.4, -0.2) is 53.0 Å². The molecule has 12 heteroatoms. The van der Waals surface area contributed by atoms with Gasteiger partial charge in [0.1, 0.15) is 5.75 Å². The van der Waals surface area contributed by atoms with Gasteiger partial charge in [-0.2, -0.15) is 0 Å². The molecule has 3 amide bonds. The van der Waals surface area contributed by atoms with E-state index in [9.17, 15) is 24.2 Å². The number of benzene rings is 3. The van der Waals surface area contributed by atoms with Gasteiger partial charge in [0.25, 0.3) is 0 Å². The Bertz CT molecular complexity index is 1520. The molecule has 216 valence electrons. The molecule has 5 rings (SSSR count). The average molecular weight is 599 g/mol. The SMILES string of the molecule is Cc1cc(OP(O)O)cc2c1C(CCl)CN2C(=O)CCCC(=O)N1CCc2c1cc(NC(=O)CN)c1ccccc21. The van der Waals surface area contributed by atoms with Crippen LogP contribution in [0.4, 0.5) is 17.1 Å². The number of anilines is 3. The first kappa shape index (κ1) is 29.2. The molecular formula is C29H32ClN4O6P. The van der Waals surface area contributed by atoms with Crippen molar-refractivity contribution in [2.45, 2.75) is 38.5 Å². The number of rotatable bonds is 9. The summed E-state index contributed by atoms with van der Waals surface area (Å²) in [7, 11) is -2.60. The monoisotopic (exact) mass is 598 g/mol. The van der Waals surface area contributed by atoms with E-state index in [0.29, 0.717) is 43.2 Å². The Morgan fingerprint density at radius 2 is 1.78 bits per heavy atom. The van der Waals surface area contributed by atoms with Crippen molar-refractivity contribution in [3.63, 3.8) is 0 Å². The average Bonchev–Trinajstić information content (AvgIpc) is 3.54. The Hall–Kier alpha value is -3.27. The Morgan fingerprint density at radius 1 is 1.07 bits per heavy atom. The summed E-state index contributed by atoms with van der Waals surface area (Å²) < 4.78 is 5.10. The first-order valence-electron chi connectivity index (χ1n) is 13.4. The molecule has 1 atom stereocenters. The molecule has 2 aliphatic heterocycles. The topological polar surface area (TPSA) is 145 Å². The predicted molar refractivity (Wildman–Crippen MR) is 161 cm³/mol. The molecule has 41 heavy (non-hydrogen) atoms. The van der Waals surface area contributed by atoms with Crippen molar-refractivity contribution in [3.8, 4) is 5.75 Å². The third kappa shape index (κ3) is 5.89. The maximum absolute atomic E-state index is 13.3. The number of fused-ring (bicyclic) bond motifs is 4. The van der Waals surface area contributed by atoms with Crippen molar-refractivity contribution in [3.05, 3.63) is 59.2 Å². The predicted octanol–water partition coefficient (Wildman–Crippen LogP) is 4.06. The number of nitrogens with two attached hydrogens (primary N) is 1. The largest absolute Gasteiger partial charge is 0.427 e. The third-order valence-corrected chi connectivity index (χ3v) is 8.41.